The van der Waals surface area contributed by atoms with E-state index in [0.29, 0.717) is 26.1 Å². The molecule has 1 saturated heterocycles. The second kappa shape index (κ2) is 4.07. The van der Waals surface area contributed by atoms with Crippen LogP contribution >= 0.6 is 0 Å². The third-order valence-corrected chi connectivity index (χ3v) is 2.19. The number of rotatable bonds is 3. The molecule has 76 valence electrons. The summed E-state index contributed by atoms with van der Waals surface area (Å²) in [4.78, 5) is 12.8. The molecule has 1 fully saturated rings. The Kier molecular flexibility index (Phi) is 3.27. The van der Waals surface area contributed by atoms with Gasteiger partial charge in [-0.3, -0.25) is 4.79 Å². The van der Waals surface area contributed by atoms with Crippen molar-refractivity contribution >= 4 is 5.91 Å². The summed E-state index contributed by atoms with van der Waals surface area (Å²) >= 11 is 0. The summed E-state index contributed by atoms with van der Waals surface area (Å²) in [7, 11) is 3.50. The van der Waals surface area contributed by atoms with E-state index in [0.717, 1.165) is 0 Å². The summed E-state index contributed by atoms with van der Waals surface area (Å²) in [6.45, 7) is 3.14. The van der Waals surface area contributed by atoms with Crippen LogP contribution in [0.5, 0.6) is 0 Å². The molecule has 1 aliphatic rings. The maximum atomic E-state index is 11.3. The number of hydrogen-bond donors (Lipinski definition) is 0. The molecule has 0 saturated carbocycles. The zero-order chi connectivity index (χ0) is 9.90. The van der Waals surface area contributed by atoms with E-state index in [1.807, 2.05) is 6.92 Å². The quantitative estimate of drug-likeness (QED) is 0.650. The number of ether oxygens (including phenoxy) is 2. The van der Waals surface area contributed by atoms with E-state index in [-0.39, 0.29) is 5.91 Å². The second-order valence-corrected chi connectivity index (χ2v) is 3.62. The average molecular weight is 187 g/mol. The van der Waals surface area contributed by atoms with Crippen molar-refractivity contribution in [3.8, 4) is 0 Å². The van der Waals surface area contributed by atoms with Gasteiger partial charge in [0.1, 0.15) is 0 Å². The van der Waals surface area contributed by atoms with Gasteiger partial charge in [0.15, 0.2) is 5.79 Å². The normalized spacial score (nSPS) is 20.2. The Labute approximate surface area is 78.8 Å². The minimum atomic E-state index is -0.536. The third-order valence-electron chi connectivity index (χ3n) is 2.19. The van der Waals surface area contributed by atoms with Crippen LogP contribution in [0.3, 0.4) is 0 Å². The summed E-state index contributed by atoms with van der Waals surface area (Å²) in [5.41, 5.74) is 0. The van der Waals surface area contributed by atoms with Gasteiger partial charge in [-0.2, -0.15) is 0 Å². The maximum absolute atomic E-state index is 11.3. The lowest BCUT2D eigenvalue weighted by Gasteiger charge is -2.22. The molecule has 13 heavy (non-hydrogen) atoms. The molecule has 4 nitrogen and oxygen atoms in total. The Morgan fingerprint density at radius 3 is 2.38 bits per heavy atom. The molecule has 0 atom stereocenters. The van der Waals surface area contributed by atoms with Gasteiger partial charge in [-0.05, 0) is 6.92 Å². The fraction of sp³-hybridized carbons (Fsp3) is 0.889. The highest BCUT2D eigenvalue weighted by molar-refractivity contribution is 5.75. The highest BCUT2D eigenvalue weighted by Gasteiger charge is 2.31. The van der Waals surface area contributed by atoms with Crippen molar-refractivity contribution in [2.75, 3.05) is 27.3 Å². The summed E-state index contributed by atoms with van der Waals surface area (Å²) in [5.74, 6) is -0.425. The van der Waals surface area contributed by atoms with Crippen molar-refractivity contribution in [1.82, 2.24) is 4.90 Å². The van der Waals surface area contributed by atoms with Gasteiger partial charge in [-0.25, -0.2) is 0 Å². The molecule has 0 N–H and O–H groups in total. The molecule has 0 aliphatic carbocycles. The lowest BCUT2D eigenvalue weighted by atomic mass is 10.1. The van der Waals surface area contributed by atoms with Crippen molar-refractivity contribution < 1.29 is 14.3 Å². The van der Waals surface area contributed by atoms with Gasteiger partial charge in [0.25, 0.3) is 0 Å². The Bertz CT molecular complexity index is 185. The maximum Gasteiger partial charge on any atom is 0.222 e. The molecule has 0 radical (unpaired) electrons. The fourth-order valence-electron chi connectivity index (χ4n) is 1.26. The van der Waals surface area contributed by atoms with Crippen LogP contribution in [0.25, 0.3) is 0 Å². The van der Waals surface area contributed by atoms with Gasteiger partial charge in [-0.15, -0.1) is 0 Å². The molecule has 0 bridgehead atoms. The molecule has 4 heteroatoms. The minimum absolute atomic E-state index is 0.111. The fourth-order valence-corrected chi connectivity index (χ4v) is 1.26. The van der Waals surface area contributed by atoms with Crippen molar-refractivity contribution in [3.05, 3.63) is 0 Å². The summed E-state index contributed by atoms with van der Waals surface area (Å²) in [6, 6.07) is 0. The highest BCUT2D eigenvalue weighted by atomic mass is 16.7. The van der Waals surface area contributed by atoms with Gasteiger partial charge >= 0.3 is 0 Å². The minimum Gasteiger partial charge on any atom is -0.349 e. The van der Waals surface area contributed by atoms with E-state index in [2.05, 4.69) is 0 Å². The van der Waals surface area contributed by atoms with E-state index >= 15 is 0 Å². The average Bonchev–Trinajstić information content (AvgIpc) is 2.48. The van der Waals surface area contributed by atoms with E-state index < -0.39 is 5.79 Å². The molecule has 0 spiro atoms. The first-order valence-electron chi connectivity index (χ1n) is 4.51. The SMILES string of the molecule is CN(C)C(=O)CCC1(C)OCCO1. The number of carbonyl (C=O) groups excluding carboxylic acids is 1. The number of carbonyl (C=O) groups is 1. The molecule has 0 aromatic heterocycles. The zero-order valence-electron chi connectivity index (χ0n) is 8.50. The van der Waals surface area contributed by atoms with Crippen LogP contribution in [-0.2, 0) is 14.3 Å². The van der Waals surface area contributed by atoms with Crippen molar-refractivity contribution in [2.24, 2.45) is 0 Å². The summed E-state index contributed by atoms with van der Waals surface area (Å²) in [5, 5.41) is 0. The Morgan fingerprint density at radius 2 is 1.92 bits per heavy atom. The molecule has 0 aromatic rings. The van der Waals surface area contributed by atoms with Crippen LogP contribution in [0, 0.1) is 0 Å². The summed E-state index contributed by atoms with van der Waals surface area (Å²) in [6.07, 6.45) is 1.10. The monoisotopic (exact) mass is 187 g/mol. The zero-order valence-corrected chi connectivity index (χ0v) is 8.50. The molecular weight excluding hydrogens is 170 g/mol. The molecular formula is C9H17NO3. The van der Waals surface area contributed by atoms with Gasteiger partial charge in [0.05, 0.1) is 13.2 Å². The van der Waals surface area contributed by atoms with Crippen molar-refractivity contribution in [1.29, 1.82) is 0 Å². The van der Waals surface area contributed by atoms with Crippen LogP contribution in [0.2, 0.25) is 0 Å². The molecule has 0 aromatic carbocycles. The van der Waals surface area contributed by atoms with Crippen LogP contribution in [0.4, 0.5) is 0 Å². The first-order valence-corrected chi connectivity index (χ1v) is 4.51. The predicted octanol–water partition coefficient (Wildman–Crippen LogP) is 0.618. The molecule has 1 heterocycles. The second-order valence-electron chi connectivity index (χ2n) is 3.62. The van der Waals surface area contributed by atoms with Crippen LogP contribution in [0.15, 0.2) is 0 Å². The third kappa shape index (κ3) is 2.97. The van der Waals surface area contributed by atoms with Crippen LogP contribution in [0.1, 0.15) is 19.8 Å². The molecule has 1 aliphatic heterocycles. The Hall–Kier alpha value is -0.610. The first-order chi connectivity index (χ1) is 6.03. The standard InChI is InChI=1S/C9H17NO3/c1-9(12-6-7-13-9)5-4-8(11)10(2)3/h4-7H2,1-3H3. The predicted molar refractivity (Wildman–Crippen MR) is 48.2 cm³/mol. The highest BCUT2D eigenvalue weighted by Crippen LogP contribution is 2.24. The Morgan fingerprint density at radius 1 is 1.38 bits per heavy atom. The van der Waals surface area contributed by atoms with Crippen molar-refractivity contribution in [2.45, 2.75) is 25.6 Å². The lowest BCUT2D eigenvalue weighted by Crippen LogP contribution is -2.29. The smallest absolute Gasteiger partial charge is 0.222 e. The molecule has 0 unspecified atom stereocenters. The lowest BCUT2D eigenvalue weighted by molar-refractivity contribution is -0.154. The number of nitrogens with zero attached hydrogens (tertiary/aromatic N) is 1. The molecule has 1 rings (SSSR count). The van der Waals surface area contributed by atoms with Gasteiger partial charge in [0.2, 0.25) is 5.91 Å². The van der Waals surface area contributed by atoms with Gasteiger partial charge < -0.3 is 14.4 Å². The Balaban J connectivity index is 2.29. The largest absolute Gasteiger partial charge is 0.349 e. The first kappa shape index (κ1) is 10.5. The van der Waals surface area contributed by atoms with Gasteiger partial charge in [-0.1, -0.05) is 0 Å². The van der Waals surface area contributed by atoms with Crippen LogP contribution in [-0.4, -0.2) is 43.9 Å². The topological polar surface area (TPSA) is 38.8 Å². The van der Waals surface area contributed by atoms with Crippen molar-refractivity contribution in [3.63, 3.8) is 0 Å². The van der Waals surface area contributed by atoms with Crippen LogP contribution < -0.4 is 0 Å². The molecule has 1 amide bonds. The summed E-state index contributed by atoms with van der Waals surface area (Å²) < 4.78 is 10.8. The number of hydrogen-bond acceptors (Lipinski definition) is 3. The van der Waals surface area contributed by atoms with E-state index in [9.17, 15) is 4.79 Å². The van der Waals surface area contributed by atoms with E-state index in [1.165, 1.54) is 0 Å². The van der Waals surface area contributed by atoms with E-state index in [4.69, 9.17) is 9.47 Å². The van der Waals surface area contributed by atoms with Gasteiger partial charge in [0, 0.05) is 26.9 Å². The van der Waals surface area contributed by atoms with E-state index in [1.54, 1.807) is 19.0 Å². The number of amides is 1.